The van der Waals surface area contributed by atoms with E-state index < -0.39 is 0 Å². The van der Waals surface area contributed by atoms with Gasteiger partial charge in [0.15, 0.2) is 0 Å². The Labute approximate surface area is 163 Å². The van der Waals surface area contributed by atoms with Gasteiger partial charge in [-0.3, -0.25) is 0 Å². The Morgan fingerprint density at radius 3 is 2.38 bits per heavy atom. The Bertz CT molecular complexity index is 463. The molecule has 26 heavy (non-hydrogen) atoms. The molecule has 1 nitrogen and oxygen atoms in total. The van der Waals surface area contributed by atoms with Crippen molar-refractivity contribution in [2.75, 3.05) is 0 Å². The van der Waals surface area contributed by atoms with E-state index in [1.807, 2.05) is 0 Å². The number of unbranched alkanes of at least 4 members (excludes halogenated alkanes) is 4. The minimum atomic E-state index is 0.0413. The summed E-state index contributed by atoms with van der Waals surface area (Å²) in [6, 6.07) is 2.84. The fourth-order valence-corrected chi connectivity index (χ4v) is 7.14. The first-order chi connectivity index (χ1) is 12.7. The second-order valence-corrected chi connectivity index (χ2v) is 10.2. The largest absolute Gasteiger partial charge is 0.198 e. The van der Waals surface area contributed by atoms with E-state index in [1.165, 1.54) is 103 Å². The number of nitriles is 1. The minimum Gasteiger partial charge on any atom is -0.198 e. The molecule has 3 rings (SSSR count). The standard InChI is InChI=1S/C25H43N/c1-3-5-6-7-8-15-25(19-26)16-14-24-22(18-25)12-11-21-17-20(9-4-2)10-13-23(21)24/h20-24H,3-18H2,1-2H3/t20-,21?,22?,23?,24?,25+/m1/s1. The molecule has 0 saturated heterocycles. The summed E-state index contributed by atoms with van der Waals surface area (Å²) in [6.45, 7) is 4.64. The molecule has 148 valence electrons. The predicted molar refractivity (Wildman–Crippen MR) is 111 cm³/mol. The molecule has 6 atom stereocenters. The summed E-state index contributed by atoms with van der Waals surface area (Å²) in [6.07, 6.45) is 22.0. The van der Waals surface area contributed by atoms with Crippen LogP contribution in [0, 0.1) is 46.3 Å². The van der Waals surface area contributed by atoms with Gasteiger partial charge in [-0.05, 0) is 81.0 Å². The molecule has 0 amide bonds. The zero-order valence-electron chi connectivity index (χ0n) is 17.6. The number of hydrogen-bond acceptors (Lipinski definition) is 1. The average molecular weight is 358 g/mol. The van der Waals surface area contributed by atoms with E-state index in [-0.39, 0.29) is 5.41 Å². The minimum absolute atomic E-state index is 0.0413. The molecule has 3 aliphatic carbocycles. The second kappa shape index (κ2) is 9.61. The van der Waals surface area contributed by atoms with Crippen molar-refractivity contribution in [3.8, 4) is 6.07 Å². The van der Waals surface area contributed by atoms with Gasteiger partial charge in [0.05, 0.1) is 11.5 Å². The van der Waals surface area contributed by atoms with Crippen LogP contribution in [0.15, 0.2) is 0 Å². The topological polar surface area (TPSA) is 23.8 Å². The van der Waals surface area contributed by atoms with Crippen LogP contribution in [-0.4, -0.2) is 0 Å². The van der Waals surface area contributed by atoms with E-state index in [2.05, 4.69) is 19.9 Å². The van der Waals surface area contributed by atoms with E-state index in [9.17, 15) is 5.26 Å². The molecule has 0 spiro atoms. The summed E-state index contributed by atoms with van der Waals surface area (Å²) in [7, 11) is 0. The lowest BCUT2D eigenvalue weighted by atomic mass is 9.52. The Morgan fingerprint density at radius 1 is 0.846 bits per heavy atom. The molecule has 4 unspecified atom stereocenters. The molecular formula is C25H43N. The first-order valence-corrected chi connectivity index (χ1v) is 12.1. The summed E-state index contributed by atoms with van der Waals surface area (Å²) in [5.41, 5.74) is 0.0413. The van der Waals surface area contributed by atoms with Crippen LogP contribution in [0.4, 0.5) is 0 Å². The molecule has 0 heterocycles. The highest BCUT2D eigenvalue weighted by Crippen LogP contribution is 2.57. The molecule has 0 radical (unpaired) electrons. The van der Waals surface area contributed by atoms with Crippen LogP contribution in [0.2, 0.25) is 0 Å². The lowest BCUT2D eigenvalue weighted by Gasteiger charge is -2.52. The molecule has 1 heteroatoms. The van der Waals surface area contributed by atoms with Crippen molar-refractivity contribution in [3.05, 3.63) is 0 Å². The quantitative estimate of drug-likeness (QED) is 0.405. The third kappa shape index (κ3) is 4.66. The fraction of sp³-hybridized carbons (Fsp3) is 0.960. The highest BCUT2D eigenvalue weighted by molar-refractivity contribution is 5.06. The van der Waals surface area contributed by atoms with Gasteiger partial charge in [-0.15, -0.1) is 0 Å². The van der Waals surface area contributed by atoms with Crippen LogP contribution in [0.5, 0.6) is 0 Å². The van der Waals surface area contributed by atoms with E-state index in [1.54, 1.807) is 0 Å². The van der Waals surface area contributed by atoms with Gasteiger partial charge in [-0.1, -0.05) is 65.2 Å². The van der Waals surface area contributed by atoms with Crippen LogP contribution in [0.3, 0.4) is 0 Å². The number of hydrogen-bond donors (Lipinski definition) is 0. The normalized spacial score (nSPS) is 39.7. The smallest absolute Gasteiger partial charge is 0.0689 e. The van der Waals surface area contributed by atoms with Crippen LogP contribution < -0.4 is 0 Å². The lowest BCUT2D eigenvalue weighted by Crippen LogP contribution is -2.44. The van der Waals surface area contributed by atoms with Gasteiger partial charge in [0.1, 0.15) is 0 Å². The van der Waals surface area contributed by atoms with Crippen molar-refractivity contribution < 1.29 is 0 Å². The van der Waals surface area contributed by atoms with E-state index in [4.69, 9.17) is 0 Å². The zero-order chi connectivity index (χ0) is 18.4. The van der Waals surface area contributed by atoms with Crippen LogP contribution in [0.1, 0.15) is 117 Å². The third-order valence-corrected chi connectivity index (χ3v) is 8.52. The summed E-state index contributed by atoms with van der Waals surface area (Å²) in [5, 5.41) is 10.0. The predicted octanol–water partition coefficient (Wildman–Crippen LogP) is 7.90. The van der Waals surface area contributed by atoms with Crippen molar-refractivity contribution in [1.29, 1.82) is 5.26 Å². The van der Waals surface area contributed by atoms with Crippen molar-refractivity contribution in [3.63, 3.8) is 0 Å². The van der Waals surface area contributed by atoms with Crippen LogP contribution in [-0.2, 0) is 0 Å². The molecule has 3 aliphatic rings. The fourth-order valence-electron chi connectivity index (χ4n) is 7.14. The van der Waals surface area contributed by atoms with Gasteiger partial charge in [-0.2, -0.15) is 5.26 Å². The first-order valence-electron chi connectivity index (χ1n) is 12.1. The van der Waals surface area contributed by atoms with Gasteiger partial charge in [0.2, 0.25) is 0 Å². The molecule has 0 aromatic heterocycles. The summed E-state index contributed by atoms with van der Waals surface area (Å²) >= 11 is 0. The van der Waals surface area contributed by atoms with Crippen LogP contribution >= 0.6 is 0 Å². The maximum Gasteiger partial charge on any atom is 0.0689 e. The van der Waals surface area contributed by atoms with E-state index >= 15 is 0 Å². The van der Waals surface area contributed by atoms with Gasteiger partial charge >= 0.3 is 0 Å². The van der Waals surface area contributed by atoms with Crippen LogP contribution in [0.25, 0.3) is 0 Å². The van der Waals surface area contributed by atoms with Gasteiger partial charge in [0.25, 0.3) is 0 Å². The zero-order valence-corrected chi connectivity index (χ0v) is 17.6. The summed E-state index contributed by atoms with van der Waals surface area (Å²) in [4.78, 5) is 0. The maximum atomic E-state index is 10.0. The SMILES string of the molecule is CCCCCCC[C@]1(C#N)CCC2C(CCC3C[C@H](CCC)CCC32)C1. The molecule has 0 N–H and O–H groups in total. The second-order valence-electron chi connectivity index (χ2n) is 10.2. The lowest BCUT2D eigenvalue weighted by molar-refractivity contribution is -0.0180. The molecule has 0 aliphatic heterocycles. The molecule has 3 saturated carbocycles. The average Bonchev–Trinajstić information content (AvgIpc) is 2.67. The first kappa shape index (κ1) is 20.2. The summed E-state index contributed by atoms with van der Waals surface area (Å²) < 4.78 is 0. The number of fused-ring (bicyclic) bond motifs is 3. The third-order valence-electron chi connectivity index (χ3n) is 8.52. The Balaban J connectivity index is 1.53. The Kier molecular flexibility index (Phi) is 7.48. The molecule has 0 bridgehead atoms. The van der Waals surface area contributed by atoms with E-state index in [0.29, 0.717) is 0 Å². The highest BCUT2D eigenvalue weighted by Gasteiger charge is 2.48. The Morgan fingerprint density at radius 2 is 1.62 bits per heavy atom. The molecule has 0 aromatic carbocycles. The van der Waals surface area contributed by atoms with Gasteiger partial charge in [-0.25, -0.2) is 0 Å². The van der Waals surface area contributed by atoms with Crippen molar-refractivity contribution in [2.45, 2.75) is 117 Å². The Hall–Kier alpha value is -0.510. The van der Waals surface area contributed by atoms with Crippen molar-refractivity contribution in [1.82, 2.24) is 0 Å². The summed E-state index contributed by atoms with van der Waals surface area (Å²) in [5.74, 6) is 4.93. The van der Waals surface area contributed by atoms with Crippen molar-refractivity contribution in [2.24, 2.45) is 35.0 Å². The molecule has 3 fully saturated rings. The molecular weight excluding hydrogens is 314 g/mol. The van der Waals surface area contributed by atoms with Gasteiger partial charge in [0, 0.05) is 0 Å². The maximum absolute atomic E-state index is 10.0. The monoisotopic (exact) mass is 357 g/mol. The number of nitrogens with zero attached hydrogens (tertiary/aromatic N) is 1. The van der Waals surface area contributed by atoms with Gasteiger partial charge < -0.3 is 0 Å². The number of rotatable bonds is 8. The highest BCUT2D eigenvalue weighted by atomic mass is 14.5. The van der Waals surface area contributed by atoms with Crippen molar-refractivity contribution >= 4 is 0 Å². The van der Waals surface area contributed by atoms with E-state index in [0.717, 1.165) is 29.6 Å². The molecule has 0 aromatic rings.